The number of nitrogens with one attached hydrogen (secondary N) is 1. The van der Waals surface area contributed by atoms with Crippen molar-refractivity contribution in [2.24, 2.45) is 0 Å². The quantitative estimate of drug-likeness (QED) is 0.661. The molecule has 0 bridgehead atoms. The number of hydrogen-bond acceptors (Lipinski definition) is 3. The summed E-state index contributed by atoms with van der Waals surface area (Å²) in [5.74, 6) is 1.68. The Morgan fingerprint density at radius 3 is 2.59 bits per heavy atom. The first kappa shape index (κ1) is 19.0. The predicted molar refractivity (Wildman–Crippen MR) is 108 cm³/mol. The van der Waals surface area contributed by atoms with Crippen LogP contribution in [0.25, 0.3) is 11.0 Å². The highest BCUT2D eigenvalue weighted by Crippen LogP contribution is 2.22. The van der Waals surface area contributed by atoms with E-state index in [0.29, 0.717) is 13.0 Å². The smallest absolute Gasteiger partial charge is 0.257 e. The van der Waals surface area contributed by atoms with Gasteiger partial charge < -0.3 is 14.6 Å². The van der Waals surface area contributed by atoms with E-state index in [4.69, 9.17) is 9.72 Å². The van der Waals surface area contributed by atoms with Crippen molar-refractivity contribution < 1.29 is 9.53 Å². The van der Waals surface area contributed by atoms with Gasteiger partial charge in [0.05, 0.1) is 11.0 Å². The van der Waals surface area contributed by atoms with Crippen LogP contribution >= 0.6 is 0 Å². The summed E-state index contributed by atoms with van der Waals surface area (Å²) in [6.07, 6.45) is 1.74. The molecule has 0 saturated carbocycles. The zero-order valence-electron chi connectivity index (χ0n) is 16.3. The van der Waals surface area contributed by atoms with Crippen LogP contribution in [-0.4, -0.2) is 28.6 Å². The van der Waals surface area contributed by atoms with Gasteiger partial charge in [-0.15, -0.1) is 0 Å². The SMILES string of the molecule is CCCn1c(CCNC(=O)COc2c(C)cccc2C)nc2ccccc21. The fraction of sp³-hybridized carbons (Fsp3) is 0.364. The van der Waals surface area contributed by atoms with Crippen molar-refractivity contribution in [2.45, 2.75) is 40.2 Å². The van der Waals surface area contributed by atoms with Gasteiger partial charge in [0.25, 0.3) is 5.91 Å². The number of aryl methyl sites for hydroxylation is 3. The third-order valence-corrected chi connectivity index (χ3v) is 4.61. The molecule has 0 spiro atoms. The lowest BCUT2D eigenvalue weighted by Crippen LogP contribution is -2.31. The van der Waals surface area contributed by atoms with Crippen LogP contribution < -0.4 is 10.1 Å². The van der Waals surface area contributed by atoms with Crippen molar-refractivity contribution in [2.75, 3.05) is 13.2 Å². The lowest BCUT2D eigenvalue weighted by molar-refractivity contribution is -0.123. The summed E-state index contributed by atoms with van der Waals surface area (Å²) in [6, 6.07) is 14.1. The van der Waals surface area contributed by atoms with Crippen LogP contribution in [0.2, 0.25) is 0 Å². The maximum absolute atomic E-state index is 12.1. The van der Waals surface area contributed by atoms with Gasteiger partial charge in [0, 0.05) is 19.5 Å². The third kappa shape index (κ3) is 4.48. The van der Waals surface area contributed by atoms with Crippen LogP contribution in [0.15, 0.2) is 42.5 Å². The minimum absolute atomic E-state index is 0.0249. The van der Waals surface area contributed by atoms with Crippen LogP contribution in [0.5, 0.6) is 5.75 Å². The lowest BCUT2D eigenvalue weighted by Gasteiger charge is -2.12. The first-order valence-electron chi connectivity index (χ1n) is 9.50. The number of ether oxygens (including phenoxy) is 1. The molecule has 142 valence electrons. The lowest BCUT2D eigenvalue weighted by atomic mass is 10.1. The zero-order valence-corrected chi connectivity index (χ0v) is 16.3. The van der Waals surface area contributed by atoms with Crippen LogP contribution in [-0.2, 0) is 17.8 Å². The van der Waals surface area contributed by atoms with Gasteiger partial charge in [-0.2, -0.15) is 0 Å². The Labute approximate surface area is 160 Å². The monoisotopic (exact) mass is 365 g/mol. The Morgan fingerprint density at radius 2 is 1.85 bits per heavy atom. The molecule has 0 aliphatic rings. The first-order chi connectivity index (χ1) is 13.1. The first-order valence-corrected chi connectivity index (χ1v) is 9.50. The van der Waals surface area contributed by atoms with Crippen LogP contribution in [0.1, 0.15) is 30.3 Å². The summed E-state index contributed by atoms with van der Waals surface area (Å²) < 4.78 is 7.95. The van der Waals surface area contributed by atoms with E-state index in [2.05, 4.69) is 22.9 Å². The Bertz CT molecular complexity index is 910. The summed E-state index contributed by atoms with van der Waals surface area (Å²) in [4.78, 5) is 16.9. The maximum atomic E-state index is 12.1. The minimum atomic E-state index is -0.115. The molecule has 1 amide bonds. The Morgan fingerprint density at radius 1 is 1.11 bits per heavy atom. The minimum Gasteiger partial charge on any atom is -0.483 e. The molecule has 27 heavy (non-hydrogen) atoms. The average Bonchev–Trinajstić information content (AvgIpc) is 2.99. The number of para-hydroxylation sites is 3. The van der Waals surface area contributed by atoms with E-state index in [1.165, 1.54) is 0 Å². The number of benzene rings is 2. The zero-order chi connectivity index (χ0) is 19.2. The molecular formula is C22H27N3O2. The molecule has 0 radical (unpaired) electrons. The van der Waals surface area contributed by atoms with Gasteiger partial charge in [0.2, 0.25) is 0 Å². The second-order valence-electron chi connectivity index (χ2n) is 6.78. The van der Waals surface area contributed by atoms with Crippen LogP contribution in [0.4, 0.5) is 0 Å². The van der Waals surface area contributed by atoms with E-state index >= 15 is 0 Å². The highest BCUT2D eigenvalue weighted by Gasteiger charge is 2.11. The van der Waals surface area contributed by atoms with Gasteiger partial charge >= 0.3 is 0 Å². The molecule has 5 nitrogen and oxygen atoms in total. The fourth-order valence-corrected chi connectivity index (χ4v) is 3.32. The van der Waals surface area contributed by atoms with Crippen molar-refractivity contribution >= 4 is 16.9 Å². The van der Waals surface area contributed by atoms with E-state index in [1.54, 1.807) is 0 Å². The molecule has 3 rings (SSSR count). The van der Waals surface area contributed by atoms with Crippen molar-refractivity contribution in [3.63, 3.8) is 0 Å². The van der Waals surface area contributed by atoms with Crippen molar-refractivity contribution in [1.29, 1.82) is 0 Å². The number of aromatic nitrogens is 2. The standard InChI is InChI=1S/C22H27N3O2/c1-4-14-25-19-11-6-5-10-18(19)24-20(25)12-13-23-21(26)15-27-22-16(2)8-7-9-17(22)3/h5-11H,4,12-15H2,1-3H3,(H,23,26). The number of carbonyl (C=O) groups excluding carboxylic acids is 1. The topological polar surface area (TPSA) is 56.2 Å². The molecule has 0 unspecified atom stereocenters. The number of amides is 1. The third-order valence-electron chi connectivity index (χ3n) is 4.61. The molecular weight excluding hydrogens is 338 g/mol. The maximum Gasteiger partial charge on any atom is 0.257 e. The number of nitrogens with zero attached hydrogens (tertiary/aromatic N) is 2. The van der Waals surface area contributed by atoms with E-state index in [9.17, 15) is 4.79 Å². The Balaban J connectivity index is 1.56. The van der Waals surface area contributed by atoms with Crippen LogP contribution in [0.3, 0.4) is 0 Å². The molecule has 0 aliphatic heterocycles. The summed E-state index contributed by atoms with van der Waals surface area (Å²) in [6.45, 7) is 7.63. The molecule has 3 aromatic rings. The van der Waals surface area contributed by atoms with Crippen molar-refractivity contribution in [3.8, 4) is 5.75 Å². The number of hydrogen-bond donors (Lipinski definition) is 1. The number of rotatable bonds is 8. The van der Waals surface area contributed by atoms with Crippen molar-refractivity contribution in [3.05, 3.63) is 59.4 Å². The summed E-state index contributed by atoms with van der Waals surface area (Å²) >= 11 is 0. The fourth-order valence-electron chi connectivity index (χ4n) is 3.32. The van der Waals surface area contributed by atoms with E-state index in [-0.39, 0.29) is 12.5 Å². The van der Waals surface area contributed by atoms with Gasteiger partial charge in [0.15, 0.2) is 6.61 Å². The molecule has 2 aromatic carbocycles. The Hall–Kier alpha value is -2.82. The van der Waals surface area contributed by atoms with Gasteiger partial charge in [-0.25, -0.2) is 4.98 Å². The average molecular weight is 365 g/mol. The highest BCUT2D eigenvalue weighted by atomic mass is 16.5. The largest absolute Gasteiger partial charge is 0.483 e. The molecule has 0 fully saturated rings. The van der Waals surface area contributed by atoms with E-state index in [1.807, 2.05) is 50.2 Å². The molecule has 0 atom stereocenters. The predicted octanol–water partition coefficient (Wildman–Crippen LogP) is 3.80. The molecule has 0 aliphatic carbocycles. The second-order valence-corrected chi connectivity index (χ2v) is 6.78. The van der Waals surface area contributed by atoms with Gasteiger partial charge in [-0.1, -0.05) is 37.3 Å². The van der Waals surface area contributed by atoms with Gasteiger partial charge in [-0.3, -0.25) is 4.79 Å². The summed E-state index contributed by atoms with van der Waals surface area (Å²) in [5, 5.41) is 2.94. The molecule has 1 heterocycles. The summed E-state index contributed by atoms with van der Waals surface area (Å²) in [5.41, 5.74) is 4.23. The molecule has 5 heteroatoms. The normalized spacial score (nSPS) is 10.9. The van der Waals surface area contributed by atoms with Gasteiger partial charge in [0.1, 0.15) is 11.6 Å². The van der Waals surface area contributed by atoms with Crippen molar-refractivity contribution in [1.82, 2.24) is 14.9 Å². The number of carbonyl (C=O) groups is 1. The number of fused-ring (bicyclic) bond motifs is 1. The highest BCUT2D eigenvalue weighted by molar-refractivity contribution is 5.78. The Kier molecular flexibility index (Phi) is 6.12. The molecule has 0 saturated heterocycles. The van der Waals surface area contributed by atoms with Gasteiger partial charge in [-0.05, 0) is 43.5 Å². The summed E-state index contributed by atoms with van der Waals surface area (Å²) in [7, 11) is 0. The van der Waals surface area contributed by atoms with E-state index in [0.717, 1.165) is 46.7 Å². The van der Waals surface area contributed by atoms with E-state index < -0.39 is 0 Å². The number of imidazole rings is 1. The van der Waals surface area contributed by atoms with Crippen LogP contribution in [0, 0.1) is 13.8 Å². The molecule has 1 aromatic heterocycles. The molecule has 1 N–H and O–H groups in total. The second kappa shape index (κ2) is 8.71.